The van der Waals surface area contributed by atoms with Gasteiger partial charge in [-0.2, -0.15) is 0 Å². The Morgan fingerprint density at radius 1 is 1.30 bits per heavy atom. The highest BCUT2D eigenvalue weighted by Gasteiger charge is 2.23. The van der Waals surface area contributed by atoms with E-state index in [-0.39, 0.29) is 0 Å². The maximum atomic E-state index is 2.26. The minimum Gasteiger partial charge on any atom is -0.0485 e. The molecule has 2 heteroatoms. The number of fused-ring (bicyclic) bond motifs is 1. The predicted octanol–water partition coefficient (Wildman–Crippen LogP) is 3.28. The van der Waals surface area contributed by atoms with Crippen molar-refractivity contribution in [1.29, 1.82) is 0 Å². The van der Waals surface area contributed by atoms with Gasteiger partial charge in [0.05, 0.1) is 4.88 Å². The van der Waals surface area contributed by atoms with Crippen LogP contribution in [0.1, 0.15) is 28.2 Å². The van der Waals surface area contributed by atoms with Gasteiger partial charge in [0.1, 0.15) is 0 Å². The van der Waals surface area contributed by atoms with Crippen LogP contribution in [0.15, 0.2) is 0 Å². The fourth-order valence-corrected chi connectivity index (χ4v) is 4.23. The van der Waals surface area contributed by atoms with E-state index in [9.17, 15) is 0 Å². The predicted molar refractivity (Wildman–Crippen MR) is 48.0 cm³/mol. The summed E-state index contributed by atoms with van der Waals surface area (Å²) in [7, 11) is 3.96. The van der Waals surface area contributed by atoms with Gasteiger partial charge in [-0.3, -0.25) is 0 Å². The average molecular weight is 171 g/mol. The molecular formula is C8H11S2+. The summed E-state index contributed by atoms with van der Waals surface area (Å²) >= 11 is 0. The number of rotatable bonds is 0. The number of hydrogen-bond acceptors (Lipinski definition) is 1. The summed E-state index contributed by atoms with van der Waals surface area (Å²) in [5.41, 5.74) is 1.68. The Hall–Kier alpha value is 0.0500. The topological polar surface area (TPSA) is 0 Å². The van der Waals surface area contributed by atoms with Crippen LogP contribution in [0.25, 0.3) is 0 Å². The van der Waals surface area contributed by atoms with Crippen molar-refractivity contribution < 1.29 is 0 Å². The summed E-state index contributed by atoms with van der Waals surface area (Å²) in [5, 5.41) is 0. The molecule has 1 aliphatic rings. The second-order valence-corrected chi connectivity index (χ2v) is 5.27. The molecule has 0 atom stereocenters. The zero-order chi connectivity index (χ0) is 6.97. The first-order chi connectivity index (χ1) is 4.88. The van der Waals surface area contributed by atoms with Gasteiger partial charge in [-0.1, -0.05) is 0 Å². The maximum Gasteiger partial charge on any atom is 0.295 e. The van der Waals surface area contributed by atoms with Gasteiger partial charge in [0.2, 0.25) is 4.88 Å². The molecule has 0 fully saturated rings. The van der Waals surface area contributed by atoms with Crippen LogP contribution < -0.4 is 0 Å². The third kappa shape index (κ3) is 0.995. The molecule has 0 N–H and O–H groups in total. The van der Waals surface area contributed by atoms with Gasteiger partial charge in [-0.15, -0.1) is 0 Å². The minimum absolute atomic E-state index is 1.35. The fraction of sp³-hybridized carbons (Fsp3) is 0.625. The molecule has 0 bridgehead atoms. The van der Waals surface area contributed by atoms with E-state index in [1.807, 2.05) is 20.7 Å². The molecule has 0 amide bonds. The van der Waals surface area contributed by atoms with E-state index in [1.165, 1.54) is 25.7 Å². The molecule has 0 aromatic carbocycles. The Balaban J connectivity index is 2.45. The molecule has 0 spiro atoms. The standard InChI is InChI=1S/C8H11S2/c1-6-7-4-2-3-5-8(7)10-9-6/h2-5H2,1H3/q+1. The molecule has 0 radical (unpaired) electrons. The molecule has 54 valence electrons. The zero-order valence-electron chi connectivity index (χ0n) is 6.14. The lowest BCUT2D eigenvalue weighted by Crippen LogP contribution is -1.98. The molecule has 1 aromatic rings. The van der Waals surface area contributed by atoms with E-state index in [1.54, 1.807) is 15.3 Å². The Morgan fingerprint density at radius 2 is 2.10 bits per heavy atom. The van der Waals surface area contributed by atoms with Gasteiger partial charge in [-0.05, 0) is 26.2 Å². The van der Waals surface area contributed by atoms with Crippen LogP contribution in [0.5, 0.6) is 0 Å². The molecule has 2 rings (SSSR count). The molecule has 1 aliphatic carbocycles. The van der Waals surface area contributed by atoms with Crippen molar-refractivity contribution in [3.63, 3.8) is 0 Å². The molecule has 0 nitrogen and oxygen atoms in total. The molecule has 10 heavy (non-hydrogen) atoms. The molecule has 1 heterocycles. The van der Waals surface area contributed by atoms with E-state index < -0.39 is 0 Å². The number of hydrogen-bond donors (Lipinski definition) is 0. The zero-order valence-corrected chi connectivity index (χ0v) is 7.78. The summed E-state index contributed by atoms with van der Waals surface area (Å²) in [6.45, 7) is 2.26. The van der Waals surface area contributed by atoms with Crippen molar-refractivity contribution in [2.45, 2.75) is 32.6 Å². The molecule has 0 saturated carbocycles. The van der Waals surface area contributed by atoms with Crippen molar-refractivity contribution in [3.05, 3.63) is 15.3 Å². The molecule has 0 aliphatic heterocycles. The molecule has 0 saturated heterocycles. The van der Waals surface area contributed by atoms with Gasteiger partial charge in [0.15, 0.2) is 10.3 Å². The van der Waals surface area contributed by atoms with Crippen molar-refractivity contribution >= 4 is 20.7 Å². The quantitative estimate of drug-likeness (QED) is 0.415. The van der Waals surface area contributed by atoms with Crippen LogP contribution in [-0.2, 0) is 12.8 Å². The Bertz CT molecular complexity index is 237. The van der Waals surface area contributed by atoms with Crippen molar-refractivity contribution in [3.8, 4) is 0 Å². The van der Waals surface area contributed by atoms with Crippen LogP contribution in [0.2, 0.25) is 0 Å². The second-order valence-electron chi connectivity index (χ2n) is 2.83. The monoisotopic (exact) mass is 171 g/mol. The largest absolute Gasteiger partial charge is 0.295 e. The normalized spacial score (nSPS) is 16.9. The van der Waals surface area contributed by atoms with E-state index in [4.69, 9.17) is 0 Å². The summed E-state index contributed by atoms with van der Waals surface area (Å²) in [6.07, 6.45) is 5.53. The summed E-state index contributed by atoms with van der Waals surface area (Å²) in [4.78, 5) is 3.24. The highest BCUT2D eigenvalue weighted by atomic mass is 32.9. The van der Waals surface area contributed by atoms with Crippen LogP contribution in [0, 0.1) is 6.92 Å². The molecule has 1 aromatic heterocycles. The van der Waals surface area contributed by atoms with Crippen molar-refractivity contribution in [1.82, 2.24) is 0 Å². The van der Waals surface area contributed by atoms with Gasteiger partial charge in [-0.25, -0.2) is 0 Å². The Morgan fingerprint density at radius 3 is 2.90 bits per heavy atom. The van der Waals surface area contributed by atoms with Crippen LogP contribution in [0.4, 0.5) is 0 Å². The van der Waals surface area contributed by atoms with Crippen LogP contribution in [-0.4, -0.2) is 0 Å². The van der Waals surface area contributed by atoms with E-state index in [0.29, 0.717) is 0 Å². The van der Waals surface area contributed by atoms with Crippen LogP contribution in [0.3, 0.4) is 0 Å². The summed E-state index contributed by atoms with van der Waals surface area (Å²) < 4.78 is 0. The Labute approximate surface area is 68.9 Å². The van der Waals surface area contributed by atoms with Crippen molar-refractivity contribution in [2.24, 2.45) is 0 Å². The number of aryl methyl sites for hydroxylation is 2. The highest BCUT2D eigenvalue weighted by molar-refractivity contribution is 7.69. The fourth-order valence-electron chi connectivity index (χ4n) is 1.51. The van der Waals surface area contributed by atoms with Crippen molar-refractivity contribution in [2.75, 3.05) is 0 Å². The summed E-state index contributed by atoms with van der Waals surface area (Å²) in [6, 6.07) is 0. The highest BCUT2D eigenvalue weighted by Crippen LogP contribution is 2.33. The SMILES string of the molecule is Cc1s[s+]c2c1CCCC2. The third-order valence-electron chi connectivity index (χ3n) is 2.11. The molecular weight excluding hydrogens is 160 g/mol. The maximum absolute atomic E-state index is 2.26. The smallest absolute Gasteiger partial charge is 0.0485 e. The lowest BCUT2D eigenvalue weighted by Gasteiger charge is -2.04. The first kappa shape index (κ1) is 6.74. The van der Waals surface area contributed by atoms with E-state index >= 15 is 0 Å². The third-order valence-corrected chi connectivity index (χ3v) is 4.94. The van der Waals surface area contributed by atoms with E-state index in [2.05, 4.69) is 6.92 Å². The van der Waals surface area contributed by atoms with Crippen LogP contribution >= 0.6 is 20.7 Å². The van der Waals surface area contributed by atoms with Gasteiger partial charge in [0.25, 0.3) is 10.3 Å². The first-order valence-electron chi connectivity index (χ1n) is 3.78. The van der Waals surface area contributed by atoms with Gasteiger partial charge < -0.3 is 0 Å². The lowest BCUT2D eigenvalue weighted by atomic mass is 9.99. The minimum atomic E-state index is 1.35. The average Bonchev–Trinajstić information content (AvgIpc) is 2.34. The van der Waals surface area contributed by atoms with Gasteiger partial charge >= 0.3 is 0 Å². The first-order valence-corrected chi connectivity index (χ1v) is 5.93. The van der Waals surface area contributed by atoms with Gasteiger partial charge in [0, 0.05) is 12.0 Å². The van der Waals surface area contributed by atoms with E-state index in [0.717, 1.165) is 0 Å². The molecule has 0 unspecified atom stereocenters. The lowest BCUT2D eigenvalue weighted by molar-refractivity contribution is 0.694. The summed E-state index contributed by atoms with van der Waals surface area (Å²) in [5.74, 6) is 0. The Kier molecular flexibility index (Phi) is 1.75. The second kappa shape index (κ2) is 2.59.